The molecule has 0 aromatic heterocycles. The van der Waals surface area contributed by atoms with Gasteiger partial charge in [-0.3, -0.25) is 14.5 Å². The minimum atomic E-state index is -3.88. The number of nitrogens with zero attached hydrogens (tertiary/aromatic N) is 3. The number of carbonyl (C=O) groups is 2. The molecule has 0 bridgehead atoms. The average Bonchev–Trinajstić information content (AvgIpc) is 3.33. The molecule has 0 aliphatic carbocycles. The number of hydrogen-bond donors (Lipinski definition) is 0. The summed E-state index contributed by atoms with van der Waals surface area (Å²) in [4.78, 5) is 25.4. The van der Waals surface area contributed by atoms with Gasteiger partial charge in [-0.2, -0.15) is 9.57 Å². The summed E-state index contributed by atoms with van der Waals surface area (Å²) in [5, 5.41) is 8.88. The van der Waals surface area contributed by atoms with Crippen molar-refractivity contribution in [1.82, 2.24) is 4.31 Å². The van der Waals surface area contributed by atoms with Gasteiger partial charge in [0.25, 0.3) is 11.7 Å². The van der Waals surface area contributed by atoms with Crippen molar-refractivity contribution in [2.45, 2.75) is 23.8 Å². The lowest BCUT2D eigenvalue weighted by Crippen LogP contribution is -2.39. The largest absolute Gasteiger partial charge is 0.492 e. The van der Waals surface area contributed by atoms with Crippen molar-refractivity contribution in [3.05, 3.63) is 54.1 Å². The Morgan fingerprint density at radius 1 is 1.13 bits per heavy atom. The first-order valence-corrected chi connectivity index (χ1v) is 10.9. The Kier molecular flexibility index (Phi) is 5.28. The fourth-order valence-corrected chi connectivity index (χ4v) is 5.51. The highest BCUT2D eigenvalue weighted by Gasteiger charge is 2.39. The van der Waals surface area contributed by atoms with Crippen molar-refractivity contribution in [2.75, 3.05) is 24.6 Å². The van der Waals surface area contributed by atoms with E-state index >= 15 is 0 Å². The zero-order chi connectivity index (χ0) is 21.3. The van der Waals surface area contributed by atoms with Gasteiger partial charge in [0.05, 0.1) is 28.3 Å². The first kappa shape index (κ1) is 20.1. The minimum Gasteiger partial charge on any atom is -0.492 e. The van der Waals surface area contributed by atoms with E-state index < -0.39 is 21.7 Å². The second-order valence-corrected chi connectivity index (χ2v) is 8.98. The highest BCUT2D eigenvalue weighted by molar-refractivity contribution is 7.89. The van der Waals surface area contributed by atoms with E-state index in [2.05, 4.69) is 0 Å². The molecule has 2 aliphatic rings. The van der Waals surface area contributed by atoms with E-state index in [9.17, 15) is 18.0 Å². The predicted molar refractivity (Wildman–Crippen MR) is 108 cm³/mol. The molecule has 2 heterocycles. The van der Waals surface area contributed by atoms with Gasteiger partial charge in [-0.05, 0) is 43.2 Å². The van der Waals surface area contributed by atoms with Crippen LogP contribution in [0.25, 0.3) is 0 Å². The summed E-state index contributed by atoms with van der Waals surface area (Å²) in [6, 6.07) is 14.7. The van der Waals surface area contributed by atoms with Gasteiger partial charge in [-0.25, -0.2) is 8.42 Å². The normalized spacial score (nSPS) is 19.0. The number of para-hydroxylation sites is 1. The molecule has 30 heavy (non-hydrogen) atoms. The molecular weight excluding hydrogens is 406 g/mol. The van der Waals surface area contributed by atoms with Crippen LogP contribution in [0.4, 0.5) is 5.69 Å². The van der Waals surface area contributed by atoms with Crippen molar-refractivity contribution in [3.8, 4) is 11.8 Å². The lowest BCUT2D eigenvalue weighted by molar-refractivity contribution is -0.114. The van der Waals surface area contributed by atoms with E-state index in [-0.39, 0.29) is 35.3 Å². The third-order valence-corrected chi connectivity index (χ3v) is 7.23. The van der Waals surface area contributed by atoms with Crippen LogP contribution in [0.5, 0.6) is 5.75 Å². The molecule has 1 amide bonds. The van der Waals surface area contributed by atoms with Gasteiger partial charge in [-0.1, -0.05) is 18.2 Å². The zero-order valence-electron chi connectivity index (χ0n) is 16.0. The summed E-state index contributed by atoms with van der Waals surface area (Å²) in [6.45, 7) is 0.311. The minimum absolute atomic E-state index is 0.00704. The molecule has 154 valence electrons. The Hall–Kier alpha value is -3.22. The fourth-order valence-electron chi connectivity index (χ4n) is 3.80. The van der Waals surface area contributed by atoms with E-state index in [1.54, 1.807) is 0 Å². The lowest BCUT2D eigenvalue weighted by Gasteiger charge is -2.24. The molecule has 9 heteroatoms. The molecule has 1 fully saturated rings. The van der Waals surface area contributed by atoms with Crippen LogP contribution in [0.15, 0.2) is 53.4 Å². The maximum atomic E-state index is 13.3. The SMILES string of the molecule is N#CCN1C(=O)C(=O)c2cc(S(=O)(=O)N3CCC[C@H]3COc3ccccc3)ccc21. The highest BCUT2D eigenvalue weighted by atomic mass is 32.2. The van der Waals surface area contributed by atoms with Gasteiger partial charge in [0.1, 0.15) is 18.9 Å². The molecular formula is C21H19N3O5S. The number of hydrogen-bond acceptors (Lipinski definition) is 6. The van der Waals surface area contributed by atoms with Crippen molar-refractivity contribution < 1.29 is 22.7 Å². The number of ketones is 1. The summed E-state index contributed by atoms with van der Waals surface area (Å²) in [5.41, 5.74) is 0.267. The summed E-state index contributed by atoms with van der Waals surface area (Å²) >= 11 is 0. The van der Waals surface area contributed by atoms with Crippen LogP contribution in [0.3, 0.4) is 0 Å². The van der Waals surface area contributed by atoms with Crippen LogP contribution >= 0.6 is 0 Å². The topological polar surface area (TPSA) is 108 Å². The molecule has 2 aromatic rings. The summed E-state index contributed by atoms with van der Waals surface area (Å²) in [7, 11) is -3.88. The Morgan fingerprint density at radius 2 is 1.90 bits per heavy atom. The number of fused-ring (bicyclic) bond motifs is 1. The Morgan fingerprint density at radius 3 is 2.63 bits per heavy atom. The van der Waals surface area contributed by atoms with Crippen LogP contribution < -0.4 is 9.64 Å². The number of sulfonamides is 1. The Bertz CT molecular complexity index is 1140. The molecule has 8 nitrogen and oxygen atoms in total. The van der Waals surface area contributed by atoms with Crippen LogP contribution in [-0.4, -0.2) is 50.2 Å². The van der Waals surface area contributed by atoms with Gasteiger partial charge >= 0.3 is 0 Å². The standard InChI is InChI=1S/C21H19N3O5S/c22-10-12-23-19-9-8-17(13-18(19)20(25)21(23)26)30(27,28)24-11-4-5-15(24)14-29-16-6-2-1-3-7-16/h1-3,6-9,13,15H,4-5,11-12,14H2/t15-/m0/s1. The van der Waals surface area contributed by atoms with Gasteiger partial charge in [0.2, 0.25) is 10.0 Å². The lowest BCUT2D eigenvalue weighted by atomic mass is 10.1. The summed E-state index contributed by atoms with van der Waals surface area (Å²) in [6.07, 6.45) is 1.38. The monoisotopic (exact) mass is 425 g/mol. The van der Waals surface area contributed by atoms with Crippen molar-refractivity contribution in [2.24, 2.45) is 0 Å². The van der Waals surface area contributed by atoms with E-state index in [0.717, 1.165) is 4.90 Å². The first-order valence-electron chi connectivity index (χ1n) is 9.50. The average molecular weight is 425 g/mol. The predicted octanol–water partition coefficient (Wildman–Crippen LogP) is 1.97. The zero-order valence-corrected chi connectivity index (χ0v) is 16.8. The number of amides is 1. The van der Waals surface area contributed by atoms with E-state index in [4.69, 9.17) is 10.00 Å². The molecule has 4 rings (SSSR count). The van der Waals surface area contributed by atoms with Crippen molar-refractivity contribution in [3.63, 3.8) is 0 Å². The highest BCUT2D eigenvalue weighted by Crippen LogP contribution is 2.33. The van der Waals surface area contributed by atoms with Crippen molar-refractivity contribution in [1.29, 1.82) is 5.26 Å². The third-order valence-electron chi connectivity index (χ3n) is 5.29. The molecule has 0 radical (unpaired) electrons. The molecule has 2 aromatic carbocycles. The van der Waals surface area contributed by atoms with Gasteiger partial charge in [-0.15, -0.1) is 0 Å². The first-order chi connectivity index (χ1) is 14.4. The number of benzene rings is 2. The molecule has 1 atom stereocenters. The number of ether oxygens (including phenoxy) is 1. The van der Waals surface area contributed by atoms with Crippen molar-refractivity contribution >= 4 is 27.4 Å². The number of anilines is 1. The molecule has 2 aliphatic heterocycles. The molecule has 0 spiro atoms. The molecule has 0 N–H and O–H groups in total. The van der Waals surface area contributed by atoms with E-state index in [0.29, 0.717) is 25.1 Å². The van der Waals surface area contributed by atoms with Crippen LogP contribution in [0, 0.1) is 11.3 Å². The van der Waals surface area contributed by atoms with Gasteiger partial charge < -0.3 is 4.74 Å². The number of nitriles is 1. The number of Topliss-reactive ketones (excluding diaryl/α,β-unsaturated/α-hetero) is 1. The van der Waals surface area contributed by atoms with Crippen LogP contribution in [0.2, 0.25) is 0 Å². The van der Waals surface area contributed by atoms with Crippen LogP contribution in [-0.2, 0) is 14.8 Å². The maximum Gasteiger partial charge on any atom is 0.300 e. The summed E-state index contributed by atoms with van der Waals surface area (Å²) in [5.74, 6) is -0.958. The Labute approximate surface area is 174 Å². The van der Waals surface area contributed by atoms with Gasteiger partial charge in [0, 0.05) is 6.54 Å². The molecule has 0 unspecified atom stereocenters. The number of rotatable bonds is 6. The maximum absolute atomic E-state index is 13.3. The van der Waals surface area contributed by atoms with E-state index in [1.165, 1.54) is 22.5 Å². The summed E-state index contributed by atoms with van der Waals surface area (Å²) < 4.78 is 33.7. The second kappa shape index (κ2) is 7.89. The smallest absolute Gasteiger partial charge is 0.300 e. The second-order valence-electron chi connectivity index (χ2n) is 7.09. The van der Waals surface area contributed by atoms with Gasteiger partial charge in [0.15, 0.2) is 0 Å². The quantitative estimate of drug-likeness (QED) is 0.517. The third kappa shape index (κ3) is 3.44. The van der Waals surface area contributed by atoms with Crippen LogP contribution in [0.1, 0.15) is 23.2 Å². The number of carbonyl (C=O) groups excluding carboxylic acids is 2. The molecule has 1 saturated heterocycles. The van der Waals surface area contributed by atoms with E-state index in [1.807, 2.05) is 36.4 Å². The Balaban J connectivity index is 1.58. The fraction of sp³-hybridized carbons (Fsp3) is 0.286. The molecule has 0 saturated carbocycles.